The van der Waals surface area contributed by atoms with Crippen LogP contribution in [0.15, 0.2) is 237 Å². The van der Waals surface area contributed by atoms with E-state index in [1.807, 2.05) is 6.07 Å². The van der Waals surface area contributed by atoms with E-state index < -0.39 is 0 Å². The molecule has 0 spiro atoms. The summed E-state index contributed by atoms with van der Waals surface area (Å²) in [5, 5.41) is 4.89. The molecule has 0 bridgehead atoms. The van der Waals surface area contributed by atoms with Gasteiger partial charge in [-0.05, 0) is 105 Å². The van der Waals surface area contributed by atoms with Crippen molar-refractivity contribution in [1.82, 2.24) is 14.1 Å². The SMILES string of the molecule is c1ccc(-c2cccc(-n3c4ccccc4c4cc(-c5ccccc5-c5ccccc5-c5ccccc5-c5ccc6c(c5)c5ccccc5n6-c5ccccc5)ccc43)n2)cc1. The lowest BCUT2D eigenvalue weighted by Gasteiger charge is -2.17. The van der Waals surface area contributed by atoms with Crippen LogP contribution in [0.2, 0.25) is 0 Å². The van der Waals surface area contributed by atoms with E-state index in [0.29, 0.717) is 0 Å². The van der Waals surface area contributed by atoms with Gasteiger partial charge in [-0.1, -0.05) is 176 Å². The zero-order valence-corrected chi connectivity index (χ0v) is 33.9. The van der Waals surface area contributed by atoms with Crippen molar-refractivity contribution in [2.75, 3.05) is 0 Å². The number of rotatable bonds is 7. The zero-order valence-electron chi connectivity index (χ0n) is 33.9. The van der Waals surface area contributed by atoms with Gasteiger partial charge in [0.1, 0.15) is 5.82 Å². The van der Waals surface area contributed by atoms with E-state index in [1.54, 1.807) is 0 Å². The molecule has 0 atom stereocenters. The lowest BCUT2D eigenvalue weighted by atomic mass is 9.86. The lowest BCUT2D eigenvalue weighted by molar-refractivity contribution is 1.08. The number of fused-ring (bicyclic) bond motifs is 6. The van der Waals surface area contributed by atoms with E-state index in [0.717, 1.165) is 33.8 Å². The first-order valence-corrected chi connectivity index (χ1v) is 21.2. The van der Waals surface area contributed by atoms with Crippen molar-refractivity contribution < 1.29 is 0 Å². The maximum Gasteiger partial charge on any atom is 0.138 e. The zero-order chi connectivity index (χ0) is 41.0. The number of para-hydroxylation sites is 3. The monoisotopic (exact) mass is 789 g/mol. The largest absolute Gasteiger partial charge is 0.309 e. The summed E-state index contributed by atoms with van der Waals surface area (Å²) in [7, 11) is 0. The smallest absolute Gasteiger partial charge is 0.138 e. The van der Waals surface area contributed by atoms with Crippen LogP contribution in [0.25, 0.3) is 111 Å². The maximum atomic E-state index is 5.19. The van der Waals surface area contributed by atoms with Crippen molar-refractivity contribution in [3.8, 4) is 67.3 Å². The summed E-state index contributed by atoms with van der Waals surface area (Å²) in [6.07, 6.45) is 0. The van der Waals surface area contributed by atoms with E-state index in [1.165, 1.54) is 77.1 Å². The Kier molecular flexibility index (Phi) is 8.50. The Bertz CT molecular complexity index is 3630. The number of hydrogen-bond acceptors (Lipinski definition) is 1. The van der Waals surface area contributed by atoms with Crippen LogP contribution in [-0.2, 0) is 0 Å². The normalized spacial score (nSPS) is 11.5. The maximum absolute atomic E-state index is 5.19. The number of benzene rings is 9. The fourth-order valence-corrected chi connectivity index (χ4v) is 9.59. The first kappa shape index (κ1) is 35.7. The van der Waals surface area contributed by atoms with Gasteiger partial charge >= 0.3 is 0 Å². The summed E-state index contributed by atoms with van der Waals surface area (Å²) in [6, 6.07) is 85.2. The molecule has 12 aromatic rings. The molecule has 0 fully saturated rings. The minimum Gasteiger partial charge on any atom is -0.309 e. The van der Waals surface area contributed by atoms with Crippen LogP contribution in [-0.4, -0.2) is 14.1 Å². The molecule has 0 N–H and O–H groups in total. The van der Waals surface area contributed by atoms with E-state index >= 15 is 0 Å². The highest BCUT2D eigenvalue weighted by Crippen LogP contribution is 2.44. The lowest BCUT2D eigenvalue weighted by Crippen LogP contribution is -1.98. The fraction of sp³-hybridized carbons (Fsp3) is 0. The molecule has 0 amide bonds. The van der Waals surface area contributed by atoms with Crippen LogP contribution in [0.1, 0.15) is 0 Å². The first-order chi connectivity index (χ1) is 30.8. The summed E-state index contributed by atoms with van der Waals surface area (Å²) < 4.78 is 4.68. The summed E-state index contributed by atoms with van der Waals surface area (Å²) in [6.45, 7) is 0. The van der Waals surface area contributed by atoms with Gasteiger partial charge < -0.3 is 4.57 Å². The Balaban J connectivity index is 0.985. The molecule has 12 rings (SSSR count). The van der Waals surface area contributed by atoms with Gasteiger partial charge in [-0.25, -0.2) is 4.98 Å². The molecule has 0 radical (unpaired) electrons. The number of aromatic nitrogens is 3. The minimum absolute atomic E-state index is 0.902. The average molecular weight is 790 g/mol. The second-order valence-corrected chi connectivity index (χ2v) is 15.9. The molecule has 3 nitrogen and oxygen atoms in total. The highest BCUT2D eigenvalue weighted by Gasteiger charge is 2.19. The molecule has 3 aromatic heterocycles. The molecule has 3 heteroatoms. The predicted octanol–water partition coefficient (Wildman–Crippen LogP) is 15.6. The topological polar surface area (TPSA) is 22.8 Å². The Morgan fingerprint density at radius 2 is 0.677 bits per heavy atom. The fourth-order valence-electron chi connectivity index (χ4n) is 9.59. The number of nitrogens with zero attached hydrogens (tertiary/aromatic N) is 3. The molecule has 0 unspecified atom stereocenters. The number of pyridine rings is 1. The van der Waals surface area contributed by atoms with Crippen molar-refractivity contribution in [3.63, 3.8) is 0 Å². The van der Waals surface area contributed by atoms with Gasteiger partial charge in [0.25, 0.3) is 0 Å². The predicted molar refractivity (Wildman–Crippen MR) is 260 cm³/mol. The molecule has 0 aliphatic carbocycles. The van der Waals surface area contributed by atoms with E-state index in [4.69, 9.17) is 4.98 Å². The van der Waals surface area contributed by atoms with Crippen LogP contribution >= 0.6 is 0 Å². The minimum atomic E-state index is 0.902. The Morgan fingerprint density at radius 3 is 1.24 bits per heavy atom. The molecule has 0 saturated heterocycles. The van der Waals surface area contributed by atoms with Crippen molar-refractivity contribution in [2.45, 2.75) is 0 Å². The molecule has 0 aliphatic heterocycles. The van der Waals surface area contributed by atoms with E-state index in [-0.39, 0.29) is 0 Å². The first-order valence-electron chi connectivity index (χ1n) is 21.2. The summed E-state index contributed by atoms with van der Waals surface area (Å²) in [5.41, 5.74) is 17.4. The van der Waals surface area contributed by atoms with Crippen molar-refractivity contribution >= 4 is 43.6 Å². The molecule has 290 valence electrons. The summed E-state index contributed by atoms with van der Waals surface area (Å²) in [5.74, 6) is 0.902. The van der Waals surface area contributed by atoms with Crippen molar-refractivity contribution in [2.24, 2.45) is 0 Å². The molecular formula is C59H39N3. The second-order valence-electron chi connectivity index (χ2n) is 15.9. The van der Waals surface area contributed by atoms with E-state index in [9.17, 15) is 0 Å². The summed E-state index contributed by atoms with van der Waals surface area (Å²) in [4.78, 5) is 5.19. The molecular weight excluding hydrogens is 751 g/mol. The van der Waals surface area contributed by atoms with Crippen LogP contribution in [0.5, 0.6) is 0 Å². The van der Waals surface area contributed by atoms with Gasteiger partial charge in [-0.15, -0.1) is 0 Å². The van der Waals surface area contributed by atoms with Crippen LogP contribution in [0.4, 0.5) is 0 Å². The van der Waals surface area contributed by atoms with Gasteiger partial charge in [-0.3, -0.25) is 4.57 Å². The van der Waals surface area contributed by atoms with Crippen LogP contribution < -0.4 is 0 Å². The molecule has 3 heterocycles. The third kappa shape index (κ3) is 5.86. The van der Waals surface area contributed by atoms with Crippen LogP contribution in [0, 0.1) is 0 Å². The average Bonchev–Trinajstić information content (AvgIpc) is 3.87. The second kappa shape index (κ2) is 14.8. The van der Waals surface area contributed by atoms with Crippen LogP contribution in [0.3, 0.4) is 0 Å². The highest BCUT2D eigenvalue weighted by atomic mass is 15.1. The van der Waals surface area contributed by atoms with Gasteiger partial charge in [0.15, 0.2) is 0 Å². The molecule has 62 heavy (non-hydrogen) atoms. The van der Waals surface area contributed by atoms with Crippen molar-refractivity contribution in [1.29, 1.82) is 0 Å². The third-order valence-electron chi connectivity index (χ3n) is 12.4. The van der Waals surface area contributed by atoms with Crippen molar-refractivity contribution in [3.05, 3.63) is 237 Å². The molecule has 0 saturated carbocycles. The van der Waals surface area contributed by atoms with Gasteiger partial charge in [0.2, 0.25) is 0 Å². The standard InChI is InChI=1S/C59H39N3/c1-3-18-40(19-4-1)54-30-17-33-59(60-54)62-56-32-16-14-29-51(56)53-39-42(35-37-58(53)62)45-23-8-10-25-47(45)49-27-12-11-26-48(49)46-24-9-7-22-44(46)41-34-36-57-52(38-41)50-28-13-15-31-55(50)61(57)43-20-5-2-6-21-43/h1-39H. The Hall–Kier alpha value is -8.27. The van der Waals surface area contributed by atoms with Gasteiger partial charge in [0.05, 0.1) is 27.8 Å². The van der Waals surface area contributed by atoms with Gasteiger partial charge in [0, 0.05) is 32.8 Å². The Morgan fingerprint density at radius 1 is 0.258 bits per heavy atom. The molecule has 9 aromatic carbocycles. The third-order valence-corrected chi connectivity index (χ3v) is 12.4. The summed E-state index contributed by atoms with van der Waals surface area (Å²) >= 11 is 0. The highest BCUT2D eigenvalue weighted by molar-refractivity contribution is 6.12. The van der Waals surface area contributed by atoms with E-state index in [2.05, 4.69) is 240 Å². The Labute approximate surface area is 360 Å². The quantitative estimate of drug-likeness (QED) is 0.158. The van der Waals surface area contributed by atoms with Gasteiger partial charge in [-0.2, -0.15) is 0 Å². The number of hydrogen-bond donors (Lipinski definition) is 0. The molecule has 0 aliphatic rings.